The summed E-state index contributed by atoms with van der Waals surface area (Å²) >= 11 is 4.05. The summed E-state index contributed by atoms with van der Waals surface area (Å²) in [6.07, 6.45) is -0.659. The van der Waals surface area contributed by atoms with E-state index in [1.165, 1.54) is 18.7 Å². The van der Waals surface area contributed by atoms with Crippen LogP contribution in [0.25, 0.3) is 0 Å². The number of nitrogens with two attached hydrogens (primary N) is 1. The highest BCUT2D eigenvalue weighted by Gasteiger charge is 2.38. The number of aliphatic hydroxyl groups excluding tert-OH is 2. The molecule has 2 aromatic rings. The predicted octanol–water partition coefficient (Wildman–Crippen LogP) is -5.03. The fourth-order valence-corrected chi connectivity index (χ4v) is 6.78. The molecule has 24 heteroatoms. The zero-order valence-corrected chi connectivity index (χ0v) is 37.3. The summed E-state index contributed by atoms with van der Waals surface area (Å²) in [7, 11) is 0. The van der Waals surface area contributed by atoms with E-state index < -0.39 is 134 Å². The number of likely N-dealkylation sites (tertiary alicyclic amines) is 1. The molecule has 0 saturated carbocycles. The van der Waals surface area contributed by atoms with Gasteiger partial charge in [-0.25, -0.2) is 0 Å². The Morgan fingerprint density at radius 3 is 1.73 bits per heavy atom. The average Bonchev–Trinajstić information content (AvgIpc) is 3.80. The second kappa shape index (κ2) is 27.0. The van der Waals surface area contributed by atoms with E-state index in [0.717, 1.165) is 0 Å². The Bertz CT molecular complexity index is 2030. The molecule has 0 aromatic heterocycles. The first kappa shape index (κ1) is 53.7. The van der Waals surface area contributed by atoms with E-state index in [-0.39, 0.29) is 31.6 Å². The molecule has 1 aliphatic rings. The third-order valence-electron chi connectivity index (χ3n) is 10.2. The van der Waals surface area contributed by atoms with Gasteiger partial charge in [-0.05, 0) is 37.8 Å². The number of carbonyl (C=O) groups excluding carboxylic acids is 9. The number of carboxylic acid groups (broad SMARTS) is 1. The topological polar surface area (TPSA) is 357 Å². The highest BCUT2D eigenvalue weighted by molar-refractivity contribution is 7.80. The van der Waals surface area contributed by atoms with Gasteiger partial charge in [0.05, 0.1) is 25.8 Å². The molecule has 9 amide bonds. The molecule has 66 heavy (non-hydrogen) atoms. The minimum absolute atomic E-state index is 0.00729. The standard InChI is InChI=1S/C42H58N10O13S/c1-23(47-39(62)30(22-66)51-41(64)35(43)24(2)54)36(59)44-18-32(55)48-28(17-26-12-7-4-8-13-26)42(65)52-15-9-14-31(52)40(63)45-19-33(56)49-29(21-53)38(61)50-27(37(60)46-20-34(57)58)16-25-10-5-3-6-11-25/h3-8,10-13,23-24,27-31,35,53-54,66H,9,14-22,43H2,1-2H3,(H,44,59)(H,45,63)(H,46,60)(H,47,62)(H,48,55)(H,49,56)(H,50,61)(H,51,64)(H,57,58)/t23-,24+,27-,28-,29-,30-,31-,35-/m0/s1. The van der Waals surface area contributed by atoms with E-state index in [0.29, 0.717) is 17.5 Å². The Balaban J connectivity index is 1.60. The number of carboxylic acids is 1. The lowest BCUT2D eigenvalue weighted by atomic mass is 10.0. The number of aliphatic carboxylic acids is 1. The predicted molar refractivity (Wildman–Crippen MR) is 238 cm³/mol. The molecular formula is C42H58N10O13S. The second-order valence-electron chi connectivity index (χ2n) is 15.3. The maximum Gasteiger partial charge on any atom is 0.322 e. The Morgan fingerprint density at radius 2 is 1.18 bits per heavy atom. The summed E-state index contributed by atoms with van der Waals surface area (Å²) in [5.41, 5.74) is 6.89. The van der Waals surface area contributed by atoms with E-state index in [1.54, 1.807) is 60.7 Å². The van der Waals surface area contributed by atoms with Crippen LogP contribution < -0.4 is 48.3 Å². The molecule has 1 aliphatic heterocycles. The van der Waals surface area contributed by atoms with Gasteiger partial charge < -0.3 is 68.5 Å². The summed E-state index contributed by atoms with van der Waals surface area (Å²) in [4.78, 5) is 130. The van der Waals surface area contributed by atoms with Crippen LogP contribution in [0.15, 0.2) is 60.7 Å². The van der Waals surface area contributed by atoms with Crippen LogP contribution in [0.5, 0.6) is 0 Å². The molecule has 0 bridgehead atoms. The zero-order valence-electron chi connectivity index (χ0n) is 36.4. The van der Waals surface area contributed by atoms with Crippen LogP contribution in [-0.2, 0) is 60.8 Å². The van der Waals surface area contributed by atoms with Crippen molar-refractivity contribution >= 4 is 71.8 Å². The highest BCUT2D eigenvalue weighted by atomic mass is 32.1. The van der Waals surface area contributed by atoms with Gasteiger partial charge in [-0.15, -0.1) is 0 Å². The molecule has 0 aliphatic carbocycles. The van der Waals surface area contributed by atoms with Crippen molar-refractivity contribution in [2.45, 2.75) is 87.9 Å². The van der Waals surface area contributed by atoms with Gasteiger partial charge in [-0.2, -0.15) is 12.6 Å². The SMILES string of the molecule is C[C@H](NC(=O)[C@H](CS)NC(=O)[C@@H](N)[C@@H](C)O)C(=O)NCC(=O)N[C@@H](Cc1ccccc1)C(=O)N1CCC[C@H]1C(=O)NCC(=O)N[C@@H](CO)C(=O)N[C@@H](Cc1ccccc1)C(=O)NCC(=O)O. The minimum atomic E-state index is -1.58. The van der Waals surface area contributed by atoms with Crippen LogP contribution in [0.3, 0.4) is 0 Å². The Kier molecular flexibility index (Phi) is 22.0. The normalized spacial score (nSPS) is 16.3. The fourth-order valence-electron chi connectivity index (χ4n) is 6.52. The number of benzene rings is 2. The first-order chi connectivity index (χ1) is 31.3. The van der Waals surface area contributed by atoms with Gasteiger partial charge in [-0.3, -0.25) is 47.9 Å². The molecule has 0 radical (unpaired) electrons. The van der Waals surface area contributed by atoms with Crippen molar-refractivity contribution in [2.24, 2.45) is 5.73 Å². The van der Waals surface area contributed by atoms with E-state index in [4.69, 9.17) is 10.8 Å². The summed E-state index contributed by atoms with van der Waals surface area (Å²) in [6.45, 7) is -0.181. The molecule has 8 atom stereocenters. The van der Waals surface area contributed by atoms with Crippen LogP contribution in [0.1, 0.15) is 37.8 Å². The number of amides is 9. The lowest BCUT2D eigenvalue weighted by molar-refractivity contribution is -0.141. The number of nitrogens with one attached hydrogen (secondary N) is 8. The maximum atomic E-state index is 14.1. The third-order valence-corrected chi connectivity index (χ3v) is 10.5. The van der Waals surface area contributed by atoms with Gasteiger partial charge in [0.15, 0.2) is 0 Å². The molecule has 3 rings (SSSR count). The van der Waals surface area contributed by atoms with Gasteiger partial charge in [0.2, 0.25) is 53.2 Å². The molecular weight excluding hydrogens is 885 g/mol. The maximum absolute atomic E-state index is 14.1. The van der Waals surface area contributed by atoms with E-state index in [2.05, 4.69) is 55.2 Å². The third kappa shape index (κ3) is 17.4. The van der Waals surface area contributed by atoms with Crippen molar-refractivity contribution < 1.29 is 63.3 Å². The molecule has 2 aromatic carbocycles. The fraction of sp³-hybridized carbons (Fsp3) is 0.476. The number of carbonyl (C=O) groups is 10. The molecule has 1 heterocycles. The largest absolute Gasteiger partial charge is 0.480 e. The molecule has 0 spiro atoms. The molecule has 360 valence electrons. The zero-order chi connectivity index (χ0) is 48.9. The monoisotopic (exact) mass is 942 g/mol. The van der Waals surface area contributed by atoms with Crippen LogP contribution in [-0.4, -0.2) is 166 Å². The Morgan fingerprint density at radius 1 is 0.667 bits per heavy atom. The highest BCUT2D eigenvalue weighted by Crippen LogP contribution is 2.20. The van der Waals surface area contributed by atoms with Crippen molar-refractivity contribution in [2.75, 3.05) is 38.5 Å². The molecule has 0 unspecified atom stereocenters. The van der Waals surface area contributed by atoms with E-state index in [1.807, 2.05) is 0 Å². The summed E-state index contributed by atoms with van der Waals surface area (Å²) in [5.74, 6) is -8.71. The first-order valence-corrected chi connectivity index (χ1v) is 21.6. The smallest absolute Gasteiger partial charge is 0.322 e. The van der Waals surface area contributed by atoms with Crippen molar-refractivity contribution in [3.8, 4) is 0 Å². The van der Waals surface area contributed by atoms with Crippen LogP contribution in [0.4, 0.5) is 0 Å². The Labute approximate surface area is 385 Å². The van der Waals surface area contributed by atoms with E-state index >= 15 is 0 Å². The number of aliphatic hydroxyl groups is 2. The van der Waals surface area contributed by atoms with Crippen molar-refractivity contribution in [1.29, 1.82) is 0 Å². The lowest BCUT2D eigenvalue weighted by Gasteiger charge is -2.29. The van der Waals surface area contributed by atoms with Gasteiger partial charge >= 0.3 is 5.97 Å². The summed E-state index contributed by atoms with van der Waals surface area (Å²) in [5, 5.41) is 47.5. The Hall–Kier alpha value is -6.63. The number of hydrogen-bond acceptors (Lipinski definition) is 14. The lowest BCUT2D eigenvalue weighted by Crippen LogP contribution is -2.58. The number of thiol groups is 1. The van der Waals surface area contributed by atoms with Crippen LogP contribution in [0, 0.1) is 0 Å². The van der Waals surface area contributed by atoms with Gasteiger partial charge in [0.25, 0.3) is 0 Å². The van der Waals surface area contributed by atoms with Gasteiger partial charge in [0, 0.05) is 25.1 Å². The van der Waals surface area contributed by atoms with E-state index in [9.17, 15) is 58.2 Å². The van der Waals surface area contributed by atoms with Crippen LogP contribution >= 0.6 is 12.6 Å². The molecule has 1 fully saturated rings. The quantitative estimate of drug-likeness (QED) is 0.0415. The first-order valence-electron chi connectivity index (χ1n) is 20.9. The minimum Gasteiger partial charge on any atom is -0.480 e. The van der Waals surface area contributed by atoms with Crippen molar-refractivity contribution in [3.63, 3.8) is 0 Å². The second-order valence-corrected chi connectivity index (χ2v) is 15.7. The summed E-state index contributed by atoms with van der Waals surface area (Å²) < 4.78 is 0. The molecule has 23 nitrogen and oxygen atoms in total. The van der Waals surface area contributed by atoms with Crippen molar-refractivity contribution in [3.05, 3.63) is 71.8 Å². The van der Waals surface area contributed by atoms with Gasteiger partial charge in [0.1, 0.15) is 48.8 Å². The number of rotatable bonds is 25. The molecule has 1 saturated heterocycles. The molecule has 13 N–H and O–H groups in total. The number of hydrogen-bond donors (Lipinski definition) is 13. The number of nitrogens with zero attached hydrogens (tertiary/aromatic N) is 1. The average molecular weight is 943 g/mol. The van der Waals surface area contributed by atoms with Crippen LogP contribution in [0.2, 0.25) is 0 Å². The van der Waals surface area contributed by atoms with Gasteiger partial charge in [-0.1, -0.05) is 60.7 Å². The summed E-state index contributed by atoms with van der Waals surface area (Å²) in [6, 6.07) is 8.27. The van der Waals surface area contributed by atoms with Crippen molar-refractivity contribution in [1.82, 2.24) is 47.4 Å².